The highest BCUT2D eigenvalue weighted by Crippen LogP contribution is 2.18. The molecule has 1 aromatic carbocycles. The van der Waals surface area contributed by atoms with Crippen molar-refractivity contribution in [1.29, 1.82) is 0 Å². The summed E-state index contributed by atoms with van der Waals surface area (Å²) in [4.78, 5) is 14.6. The van der Waals surface area contributed by atoms with Gasteiger partial charge >= 0.3 is 0 Å². The quantitative estimate of drug-likeness (QED) is 0.907. The number of aryl methyl sites for hydroxylation is 1. The molecule has 2 rings (SSSR count). The van der Waals surface area contributed by atoms with Crippen molar-refractivity contribution in [2.45, 2.75) is 26.3 Å². The average molecular weight is 325 g/mol. The number of rotatable bonds is 2. The van der Waals surface area contributed by atoms with Crippen molar-refractivity contribution in [1.82, 2.24) is 10.2 Å². The summed E-state index contributed by atoms with van der Waals surface area (Å²) >= 11 is 3.44. The Labute approximate surface area is 123 Å². The van der Waals surface area contributed by atoms with Gasteiger partial charge in [0.2, 0.25) is 0 Å². The van der Waals surface area contributed by atoms with E-state index < -0.39 is 0 Å². The van der Waals surface area contributed by atoms with Crippen LogP contribution in [-0.4, -0.2) is 37.0 Å². The van der Waals surface area contributed by atoms with Crippen LogP contribution in [0.4, 0.5) is 0 Å². The molecule has 1 fully saturated rings. The summed E-state index contributed by atoms with van der Waals surface area (Å²) in [6, 6.07) is 6.10. The van der Waals surface area contributed by atoms with Crippen LogP contribution in [0.5, 0.6) is 0 Å². The Morgan fingerprint density at radius 1 is 1.42 bits per heavy atom. The summed E-state index contributed by atoms with van der Waals surface area (Å²) in [5.41, 5.74) is 1.83. The van der Waals surface area contributed by atoms with Crippen molar-refractivity contribution in [3.05, 3.63) is 33.8 Å². The highest BCUT2D eigenvalue weighted by Gasteiger charge is 2.25. The molecule has 1 N–H and O–H groups in total. The maximum absolute atomic E-state index is 12.3. The Morgan fingerprint density at radius 3 is 2.79 bits per heavy atom. The number of carbonyl (C=O) groups is 1. The van der Waals surface area contributed by atoms with Crippen molar-refractivity contribution in [2.24, 2.45) is 5.92 Å². The third-order valence-electron chi connectivity index (χ3n) is 3.73. The van der Waals surface area contributed by atoms with Gasteiger partial charge in [0.25, 0.3) is 5.91 Å². The molecule has 3 nitrogen and oxygen atoms in total. The van der Waals surface area contributed by atoms with E-state index in [1.165, 1.54) is 0 Å². The first kappa shape index (κ1) is 14.5. The van der Waals surface area contributed by atoms with Gasteiger partial charge in [-0.1, -0.05) is 22.9 Å². The summed E-state index contributed by atoms with van der Waals surface area (Å²) in [6.07, 6.45) is 1.02. The van der Waals surface area contributed by atoms with E-state index >= 15 is 0 Å². The topological polar surface area (TPSA) is 32.3 Å². The van der Waals surface area contributed by atoms with Crippen molar-refractivity contribution in [3.63, 3.8) is 0 Å². The Balaban J connectivity index is 2.04. The minimum atomic E-state index is 0.0332. The van der Waals surface area contributed by atoms with E-state index in [0.29, 0.717) is 5.92 Å². The molecule has 1 heterocycles. The molecule has 2 atom stereocenters. The van der Waals surface area contributed by atoms with E-state index in [9.17, 15) is 4.79 Å². The monoisotopic (exact) mass is 324 g/mol. The lowest BCUT2D eigenvalue weighted by Crippen LogP contribution is -2.48. The highest BCUT2D eigenvalue weighted by atomic mass is 79.9. The molecule has 1 amide bonds. The molecule has 0 radical (unpaired) electrons. The number of halogens is 1. The molecule has 0 saturated carbocycles. The first-order chi connectivity index (χ1) is 8.95. The Kier molecular flexibility index (Phi) is 4.63. The summed E-state index contributed by atoms with van der Waals surface area (Å²) < 4.78 is 0.953. The Hall–Kier alpha value is -0.870. The zero-order chi connectivity index (χ0) is 14.0. The predicted molar refractivity (Wildman–Crippen MR) is 81.4 cm³/mol. The SMILES string of the molecule is Cc1cc(Br)cc(C(=O)NC2CCN(C)CC2C)c1. The lowest BCUT2D eigenvalue weighted by molar-refractivity contribution is 0.0883. The maximum atomic E-state index is 12.3. The van der Waals surface area contributed by atoms with Crippen molar-refractivity contribution < 1.29 is 4.79 Å². The summed E-state index contributed by atoms with van der Waals surface area (Å²) in [5, 5.41) is 3.17. The molecule has 1 aromatic rings. The fraction of sp³-hybridized carbons (Fsp3) is 0.533. The Morgan fingerprint density at radius 2 is 2.16 bits per heavy atom. The van der Waals surface area contributed by atoms with E-state index in [2.05, 4.69) is 40.1 Å². The number of carbonyl (C=O) groups excluding carboxylic acids is 1. The number of hydrogen-bond acceptors (Lipinski definition) is 2. The third-order valence-corrected chi connectivity index (χ3v) is 4.19. The van der Waals surface area contributed by atoms with Crippen LogP contribution >= 0.6 is 15.9 Å². The number of nitrogens with zero attached hydrogens (tertiary/aromatic N) is 1. The molecular formula is C15H21BrN2O. The van der Waals surface area contributed by atoms with Gasteiger partial charge in [-0.2, -0.15) is 0 Å². The first-order valence-electron chi connectivity index (χ1n) is 6.72. The van der Waals surface area contributed by atoms with Gasteiger partial charge in [-0.15, -0.1) is 0 Å². The van der Waals surface area contributed by atoms with Crippen LogP contribution in [-0.2, 0) is 0 Å². The smallest absolute Gasteiger partial charge is 0.251 e. The van der Waals surface area contributed by atoms with E-state index in [1.807, 2.05) is 25.1 Å². The average Bonchev–Trinajstić information content (AvgIpc) is 2.31. The van der Waals surface area contributed by atoms with Gasteiger partial charge in [-0.25, -0.2) is 0 Å². The van der Waals surface area contributed by atoms with E-state index in [-0.39, 0.29) is 11.9 Å². The normalized spacial score (nSPS) is 24.2. The number of piperidine rings is 1. The lowest BCUT2D eigenvalue weighted by atomic mass is 9.94. The zero-order valence-electron chi connectivity index (χ0n) is 11.7. The van der Waals surface area contributed by atoms with Crippen molar-refractivity contribution in [3.8, 4) is 0 Å². The fourth-order valence-electron chi connectivity index (χ4n) is 2.69. The van der Waals surface area contributed by atoms with Crippen molar-refractivity contribution >= 4 is 21.8 Å². The lowest BCUT2D eigenvalue weighted by Gasteiger charge is -2.35. The maximum Gasteiger partial charge on any atom is 0.251 e. The molecular weight excluding hydrogens is 304 g/mol. The second-order valence-corrected chi connectivity index (χ2v) is 6.54. The van der Waals surface area contributed by atoms with Crippen LogP contribution in [0.3, 0.4) is 0 Å². The molecule has 0 aromatic heterocycles. The van der Waals surface area contributed by atoms with Crippen LogP contribution in [0, 0.1) is 12.8 Å². The van der Waals surface area contributed by atoms with Crippen LogP contribution < -0.4 is 5.32 Å². The summed E-state index contributed by atoms with van der Waals surface area (Å²) in [7, 11) is 2.13. The predicted octanol–water partition coefficient (Wildman–Crippen LogP) is 2.83. The molecule has 19 heavy (non-hydrogen) atoms. The summed E-state index contributed by atoms with van der Waals surface area (Å²) in [5.74, 6) is 0.529. The van der Waals surface area contributed by atoms with Crippen LogP contribution in [0.2, 0.25) is 0 Å². The van der Waals surface area contributed by atoms with Gasteiger partial charge in [0.1, 0.15) is 0 Å². The number of amides is 1. The van der Waals surface area contributed by atoms with Gasteiger partial charge in [0.15, 0.2) is 0 Å². The van der Waals surface area contributed by atoms with Gasteiger partial charge < -0.3 is 10.2 Å². The molecule has 1 aliphatic rings. The molecule has 2 unspecified atom stereocenters. The van der Waals surface area contributed by atoms with E-state index in [4.69, 9.17) is 0 Å². The van der Waals surface area contributed by atoms with E-state index in [1.54, 1.807) is 0 Å². The van der Waals surface area contributed by atoms with Crippen LogP contribution in [0.25, 0.3) is 0 Å². The van der Waals surface area contributed by atoms with Crippen LogP contribution in [0.1, 0.15) is 29.3 Å². The number of hydrogen-bond donors (Lipinski definition) is 1. The van der Waals surface area contributed by atoms with Crippen LogP contribution in [0.15, 0.2) is 22.7 Å². The molecule has 0 spiro atoms. The number of benzene rings is 1. The summed E-state index contributed by atoms with van der Waals surface area (Å²) in [6.45, 7) is 6.29. The largest absolute Gasteiger partial charge is 0.349 e. The fourth-order valence-corrected chi connectivity index (χ4v) is 3.30. The molecule has 104 valence electrons. The second-order valence-electron chi connectivity index (χ2n) is 5.63. The van der Waals surface area contributed by atoms with Crippen molar-refractivity contribution in [2.75, 3.05) is 20.1 Å². The number of likely N-dealkylation sites (tertiary alicyclic amines) is 1. The van der Waals surface area contributed by atoms with Gasteiger partial charge in [-0.05, 0) is 56.6 Å². The molecule has 4 heteroatoms. The zero-order valence-corrected chi connectivity index (χ0v) is 13.3. The van der Waals surface area contributed by atoms with Gasteiger partial charge in [-0.3, -0.25) is 4.79 Å². The molecule has 0 bridgehead atoms. The van der Waals surface area contributed by atoms with Gasteiger partial charge in [0.05, 0.1) is 0 Å². The molecule has 1 aliphatic heterocycles. The Bertz CT molecular complexity index is 455. The minimum Gasteiger partial charge on any atom is -0.349 e. The third kappa shape index (κ3) is 3.80. The standard InChI is InChI=1S/C15H21BrN2O/c1-10-6-12(8-13(16)7-10)15(19)17-14-4-5-18(3)9-11(14)2/h6-8,11,14H,4-5,9H2,1-3H3,(H,17,19). The second kappa shape index (κ2) is 6.06. The van der Waals surface area contributed by atoms with E-state index in [0.717, 1.165) is 35.1 Å². The minimum absolute atomic E-state index is 0.0332. The number of nitrogens with one attached hydrogen (secondary N) is 1. The highest BCUT2D eigenvalue weighted by molar-refractivity contribution is 9.10. The van der Waals surface area contributed by atoms with Gasteiger partial charge in [0, 0.05) is 22.6 Å². The first-order valence-corrected chi connectivity index (χ1v) is 7.51. The molecule has 0 aliphatic carbocycles. The molecule has 1 saturated heterocycles.